The molecule has 0 aliphatic carbocycles. The molecule has 0 fully saturated rings. The van der Waals surface area contributed by atoms with E-state index in [0.29, 0.717) is 5.56 Å². The molecule has 0 saturated heterocycles. The molecule has 0 aliphatic heterocycles. The molecule has 1 unspecified atom stereocenters. The molecule has 2 N–H and O–H groups in total. The summed E-state index contributed by atoms with van der Waals surface area (Å²) < 4.78 is 25.4. The third kappa shape index (κ3) is 2.64. The Balaban J connectivity index is 2.97. The first-order valence-corrected chi connectivity index (χ1v) is 4.36. The lowest BCUT2D eigenvalue weighted by atomic mass is 10.1. The van der Waals surface area contributed by atoms with Crippen molar-refractivity contribution < 1.29 is 8.78 Å². The van der Waals surface area contributed by atoms with E-state index in [1.807, 2.05) is 13.8 Å². The zero-order valence-electron chi connectivity index (χ0n) is 8.22. The van der Waals surface area contributed by atoms with E-state index in [0.717, 1.165) is 17.7 Å². The topological polar surface area (TPSA) is 26.0 Å². The molecule has 0 radical (unpaired) electrons. The second-order valence-corrected chi connectivity index (χ2v) is 3.44. The summed E-state index contributed by atoms with van der Waals surface area (Å²) in [6, 6.07) is 3.32. The molecule has 14 heavy (non-hydrogen) atoms. The Morgan fingerprint density at radius 2 is 1.93 bits per heavy atom. The van der Waals surface area contributed by atoms with E-state index in [2.05, 4.69) is 0 Å². The van der Waals surface area contributed by atoms with Gasteiger partial charge in [-0.05, 0) is 31.5 Å². The zero-order valence-corrected chi connectivity index (χ0v) is 8.22. The van der Waals surface area contributed by atoms with Gasteiger partial charge >= 0.3 is 0 Å². The number of rotatable bonds is 2. The fourth-order valence-corrected chi connectivity index (χ4v) is 1.18. The van der Waals surface area contributed by atoms with Gasteiger partial charge in [0.2, 0.25) is 0 Å². The molecule has 1 atom stereocenters. The molecule has 1 aromatic carbocycles. The van der Waals surface area contributed by atoms with Crippen LogP contribution < -0.4 is 5.73 Å². The molecular formula is C11H13F2N. The van der Waals surface area contributed by atoms with Gasteiger partial charge in [0.05, 0.1) is 0 Å². The summed E-state index contributed by atoms with van der Waals surface area (Å²) in [6.45, 7) is 3.81. The first-order valence-electron chi connectivity index (χ1n) is 4.36. The Bertz CT molecular complexity index is 354. The van der Waals surface area contributed by atoms with Crippen molar-refractivity contribution in [3.8, 4) is 0 Å². The Labute approximate surface area is 82.2 Å². The predicted octanol–water partition coefficient (Wildman–Crippen LogP) is 2.93. The molecule has 0 saturated carbocycles. The van der Waals surface area contributed by atoms with Crippen molar-refractivity contribution >= 4 is 0 Å². The molecule has 0 spiro atoms. The molecule has 0 heterocycles. The van der Waals surface area contributed by atoms with Crippen LogP contribution in [0.1, 0.15) is 25.5 Å². The summed E-state index contributed by atoms with van der Waals surface area (Å²) in [7, 11) is 0. The second-order valence-electron chi connectivity index (χ2n) is 3.44. The van der Waals surface area contributed by atoms with Crippen molar-refractivity contribution in [3.63, 3.8) is 0 Å². The van der Waals surface area contributed by atoms with Crippen LogP contribution in [0.4, 0.5) is 8.78 Å². The minimum absolute atomic E-state index is 0.380. The second kappa shape index (κ2) is 4.33. The van der Waals surface area contributed by atoms with Crippen molar-refractivity contribution in [2.24, 2.45) is 5.73 Å². The van der Waals surface area contributed by atoms with Crippen LogP contribution in [0.5, 0.6) is 0 Å². The first-order chi connectivity index (χ1) is 6.50. The summed E-state index contributed by atoms with van der Waals surface area (Å²) in [5, 5.41) is 0. The molecular weight excluding hydrogens is 184 g/mol. The number of nitrogens with two attached hydrogens (primary N) is 1. The van der Waals surface area contributed by atoms with E-state index in [4.69, 9.17) is 5.73 Å². The van der Waals surface area contributed by atoms with E-state index in [-0.39, 0.29) is 6.04 Å². The first kappa shape index (κ1) is 10.9. The third-order valence-corrected chi connectivity index (χ3v) is 1.84. The van der Waals surface area contributed by atoms with Gasteiger partial charge in [-0.25, -0.2) is 8.78 Å². The van der Waals surface area contributed by atoms with Crippen molar-refractivity contribution in [3.05, 3.63) is 47.0 Å². The Morgan fingerprint density at radius 3 is 2.43 bits per heavy atom. The maximum absolute atomic E-state index is 12.8. The van der Waals surface area contributed by atoms with Gasteiger partial charge in [-0.15, -0.1) is 0 Å². The van der Waals surface area contributed by atoms with Crippen molar-refractivity contribution in [1.82, 2.24) is 0 Å². The highest BCUT2D eigenvalue weighted by Gasteiger charge is 2.06. The summed E-state index contributed by atoms with van der Waals surface area (Å²) in [4.78, 5) is 0. The maximum Gasteiger partial charge on any atom is 0.159 e. The van der Waals surface area contributed by atoms with Gasteiger partial charge in [-0.2, -0.15) is 0 Å². The van der Waals surface area contributed by atoms with Crippen LogP contribution >= 0.6 is 0 Å². The highest BCUT2D eigenvalue weighted by atomic mass is 19.2. The summed E-state index contributed by atoms with van der Waals surface area (Å²) in [6.07, 6.45) is 1.80. The van der Waals surface area contributed by atoms with Crippen LogP contribution in [-0.4, -0.2) is 0 Å². The Hall–Kier alpha value is -1.22. The van der Waals surface area contributed by atoms with Crippen molar-refractivity contribution in [2.45, 2.75) is 19.9 Å². The van der Waals surface area contributed by atoms with Crippen LogP contribution in [0.15, 0.2) is 29.8 Å². The summed E-state index contributed by atoms with van der Waals surface area (Å²) in [5.41, 5.74) is 7.37. The van der Waals surface area contributed by atoms with E-state index in [1.54, 1.807) is 6.08 Å². The standard InChI is InChI=1S/C11H13F2N/c1-7(2)5-11(14)8-3-4-9(12)10(13)6-8/h3-6,11H,14H2,1-2H3. The molecule has 76 valence electrons. The van der Waals surface area contributed by atoms with Gasteiger partial charge in [-0.3, -0.25) is 0 Å². The average Bonchev–Trinajstić information content (AvgIpc) is 2.08. The van der Waals surface area contributed by atoms with E-state index >= 15 is 0 Å². The van der Waals surface area contributed by atoms with Gasteiger partial charge in [0, 0.05) is 6.04 Å². The molecule has 1 nitrogen and oxygen atoms in total. The summed E-state index contributed by atoms with van der Waals surface area (Å²) in [5.74, 6) is -1.71. The zero-order chi connectivity index (χ0) is 10.7. The molecule has 0 aliphatic rings. The molecule has 0 aromatic heterocycles. The lowest BCUT2D eigenvalue weighted by Gasteiger charge is -2.08. The highest BCUT2D eigenvalue weighted by molar-refractivity contribution is 5.25. The van der Waals surface area contributed by atoms with Crippen LogP contribution in [-0.2, 0) is 0 Å². The van der Waals surface area contributed by atoms with Crippen LogP contribution in [0.25, 0.3) is 0 Å². The Morgan fingerprint density at radius 1 is 1.29 bits per heavy atom. The minimum Gasteiger partial charge on any atom is -0.321 e. The van der Waals surface area contributed by atoms with E-state index < -0.39 is 11.6 Å². The highest BCUT2D eigenvalue weighted by Crippen LogP contribution is 2.16. The monoisotopic (exact) mass is 197 g/mol. The van der Waals surface area contributed by atoms with Crippen LogP contribution in [0.2, 0.25) is 0 Å². The van der Waals surface area contributed by atoms with Gasteiger partial charge in [0.1, 0.15) is 0 Å². The number of hydrogen-bond donors (Lipinski definition) is 1. The normalized spacial score (nSPS) is 12.4. The SMILES string of the molecule is CC(C)=CC(N)c1ccc(F)c(F)c1. The molecule has 1 rings (SSSR count). The smallest absolute Gasteiger partial charge is 0.159 e. The Kier molecular flexibility index (Phi) is 3.36. The van der Waals surface area contributed by atoms with Crippen LogP contribution in [0, 0.1) is 11.6 Å². The number of benzene rings is 1. The molecule has 3 heteroatoms. The van der Waals surface area contributed by atoms with Gasteiger partial charge in [0.25, 0.3) is 0 Å². The minimum atomic E-state index is -0.861. The van der Waals surface area contributed by atoms with Crippen molar-refractivity contribution in [2.75, 3.05) is 0 Å². The fourth-order valence-electron chi connectivity index (χ4n) is 1.18. The molecule has 0 amide bonds. The molecule has 0 bridgehead atoms. The number of allylic oxidation sites excluding steroid dienone is 1. The lowest BCUT2D eigenvalue weighted by molar-refractivity contribution is 0.506. The summed E-state index contributed by atoms with van der Waals surface area (Å²) >= 11 is 0. The third-order valence-electron chi connectivity index (χ3n) is 1.84. The number of halogens is 2. The van der Waals surface area contributed by atoms with Crippen LogP contribution in [0.3, 0.4) is 0 Å². The van der Waals surface area contributed by atoms with Gasteiger partial charge < -0.3 is 5.73 Å². The van der Waals surface area contributed by atoms with E-state index in [1.165, 1.54) is 6.07 Å². The molecule has 1 aromatic rings. The number of hydrogen-bond acceptors (Lipinski definition) is 1. The lowest BCUT2D eigenvalue weighted by Crippen LogP contribution is -2.08. The fraction of sp³-hybridized carbons (Fsp3) is 0.273. The largest absolute Gasteiger partial charge is 0.321 e. The van der Waals surface area contributed by atoms with E-state index in [9.17, 15) is 8.78 Å². The van der Waals surface area contributed by atoms with Crippen molar-refractivity contribution in [1.29, 1.82) is 0 Å². The van der Waals surface area contributed by atoms with Gasteiger partial charge in [-0.1, -0.05) is 17.7 Å². The van der Waals surface area contributed by atoms with Gasteiger partial charge in [0.15, 0.2) is 11.6 Å². The quantitative estimate of drug-likeness (QED) is 0.725. The average molecular weight is 197 g/mol. The predicted molar refractivity (Wildman–Crippen MR) is 52.7 cm³/mol. The maximum atomic E-state index is 12.8.